The second kappa shape index (κ2) is 5.96. The molecule has 1 heterocycles. The van der Waals surface area contributed by atoms with Crippen molar-refractivity contribution in [2.75, 3.05) is 46.4 Å². The zero-order valence-corrected chi connectivity index (χ0v) is 10.4. The van der Waals surface area contributed by atoms with Crippen molar-refractivity contribution >= 4 is 0 Å². The molecule has 0 aromatic carbocycles. The van der Waals surface area contributed by atoms with Crippen molar-refractivity contribution in [2.24, 2.45) is 0 Å². The van der Waals surface area contributed by atoms with Crippen LogP contribution in [0.25, 0.3) is 0 Å². The van der Waals surface area contributed by atoms with Crippen LogP contribution in [0.1, 0.15) is 19.3 Å². The number of nitrogens with zero attached hydrogens (tertiary/aromatic N) is 2. The maximum Gasteiger partial charge on any atom is 0.0446 e. The third kappa shape index (κ3) is 3.42. The van der Waals surface area contributed by atoms with Gasteiger partial charge in [-0.3, -0.25) is 9.80 Å². The Bertz CT molecular complexity index is 200. The minimum atomic E-state index is 0.285. The van der Waals surface area contributed by atoms with Crippen molar-refractivity contribution in [3.8, 4) is 0 Å². The summed E-state index contributed by atoms with van der Waals surface area (Å²) in [6.07, 6.45) is 3.70. The molecule has 2 fully saturated rings. The van der Waals surface area contributed by atoms with E-state index in [2.05, 4.69) is 15.1 Å². The van der Waals surface area contributed by atoms with Crippen molar-refractivity contribution in [3.63, 3.8) is 0 Å². The SMILES string of the molecule is CNC(CCO)CN1CCN(C2CC2)CC1. The quantitative estimate of drug-likeness (QED) is 0.655. The molecule has 4 nitrogen and oxygen atoms in total. The van der Waals surface area contributed by atoms with Crippen molar-refractivity contribution in [1.29, 1.82) is 0 Å². The van der Waals surface area contributed by atoms with Crippen molar-refractivity contribution in [3.05, 3.63) is 0 Å². The molecule has 1 atom stereocenters. The van der Waals surface area contributed by atoms with Gasteiger partial charge in [-0.2, -0.15) is 0 Å². The molecule has 0 bridgehead atoms. The van der Waals surface area contributed by atoms with E-state index >= 15 is 0 Å². The van der Waals surface area contributed by atoms with Crippen molar-refractivity contribution in [2.45, 2.75) is 31.3 Å². The van der Waals surface area contributed by atoms with Crippen LogP contribution in [0.2, 0.25) is 0 Å². The Morgan fingerprint density at radius 2 is 1.94 bits per heavy atom. The summed E-state index contributed by atoms with van der Waals surface area (Å²) < 4.78 is 0. The Morgan fingerprint density at radius 1 is 1.25 bits per heavy atom. The van der Waals surface area contributed by atoms with E-state index in [0.717, 1.165) is 19.0 Å². The van der Waals surface area contributed by atoms with Crippen LogP contribution in [0.3, 0.4) is 0 Å². The molecule has 4 heteroatoms. The number of aliphatic hydroxyl groups excluding tert-OH is 1. The fraction of sp³-hybridized carbons (Fsp3) is 1.00. The number of rotatable bonds is 6. The molecule has 0 amide bonds. The highest BCUT2D eigenvalue weighted by Gasteiger charge is 2.31. The van der Waals surface area contributed by atoms with E-state index < -0.39 is 0 Å². The molecule has 0 spiro atoms. The fourth-order valence-electron chi connectivity index (χ4n) is 2.55. The summed E-state index contributed by atoms with van der Waals surface area (Å²) >= 11 is 0. The van der Waals surface area contributed by atoms with E-state index in [1.807, 2.05) is 7.05 Å². The first kappa shape index (κ1) is 12.3. The molecule has 1 aliphatic heterocycles. The monoisotopic (exact) mass is 227 g/mol. The highest BCUT2D eigenvalue weighted by atomic mass is 16.3. The third-order valence-electron chi connectivity index (χ3n) is 3.83. The van der Waals surface area contributed by atoms with E-state index in [-0.39, 0.29) is 6.61 Å². The molecule has 1 unspecified atom stereocenters. The average Bonchev–Trinajstić information content (AvgIpc) is 3.13. The van der Waals surface area contributed by atoms with Gasteiger partial charge in [0.2, 0.25) is 0 Å². The molecule has 0 radical (unpaired) electrons. The lowest BCUT2D eigenvalue weighted by Crippen LogP contribution is -2.50. The number of hydrogen-bond acceptors (Lipinski definition) is 4. The zero-order valence-electron chi connectivity index (χ0n) is 10.4. The lowest BCUT2D eigenvalue weighted by Gasteiger charge is -2.36. The minimum Gasteiger partial charge on any atom is -0.396 e. The minimum absolute atomic E-state index is 0.285. The number of likely N-dealkylation sites (N-methyl/N-ethyl adjacent to an activating group) is 1. The molecule has 2 rings (SSSR count). The Labute approximate surface area is 98.6 Å². The van der Waals surface area contributed by atoms with E-state index in [1.54, 1.807) is 0 Å². The van der Waals surface area contributed by atoms with Gasteiger partial charge in [0.1, 0.15) is 0 Å². The summed E-state index contributed by atoms with van der Waals surface area (Å²) in [6, 6.07) is 1.36. The van der Waals surface area contributed by atoms with Gasteiger partial charge in [-0.1, -0.05) is 0 Å². The smallest absolute Gasteiger partial charge is 0.0446 e. The number of piperazine rings is 1. The van der Waals surface area contributed by atoms with E-state index in [9.17, 15) is 0 Å². The van der Waals surface area contributed by atoms with Gasteiger partial charge in [0.25, 0.3) is 0 Å². The standard InChI is InChI=1S/C12H25N3O/c1-13-11(4-9-16)10-14-5-7-15(8-6-14)12-2-3-12/h11-13,16H,2-10H2,1H3. The molecule has 1 saturated carbocycles. The fourth-order valence-corrected chi connectivity index (χ4v) is 2.55. The summed E-state index contributed by atoms with van der Waals surface area (Å²) in [5.74, 6) is 0. The van der Waals surface area contributed by atoms with Crippen molar-refractivity contribution in [1.82, 2.24) is 15.1 Å². The van der Waals surface area contributed by atoms with Crippen LogP contribution in [0.5, 0.6) is 0 Å². The van der Waals surface area contributed by atoms with E-state index in [4.69, 9.17) is 5.11 Å². The van der Waals surface area contributed by atoms with Crippen LogP contribution in [-0.4, -0.2) is 73.4 Å². The highest BCUT2D eigenvalue weighted by molar-refractivity contribution is 4.88. The number of aliphatic hydroxyl groups is 1. The third-order valence-corrected chi connectivity index (χ3v) is 3.83. The van der Waals surface area contributed by atoms with Crippen molar-refractivity contribution < 1.29 is 5.11 Å². The first-order chi connectivity index (χ1) is 7.83. The summed E-state index contributed by atoms with van der Waals surface area (Å²) in [4.78, 5) is 5.16. The predicted octanol–water partition coefficient (Wildman–Crippen LogP) is -0.263. The summed E-state index contributed by atoms with van der Waals surface area (Å²) in [6.45, 7) is 6.23. The first-order valence-corrected chi connectivity index (χ1v) is 6.58. The Kier molecular flexibility index (Phi) is 4.58. The van der Waals surface area contributed by atoms with Gasteiger partial charge in [-0.25, -0.2) is 0 Å². The van der Waals surface area contributed by atoms with Crippen LogP contribution in [0.15, 0.2) is 0 Å². The number of hydrogen-bond donors (Lipinski definition) is 2. The van der Waals surface area contributed by atoms with Crippen LogP contribution < -0.4 is 5.32 Å². The van der Waals surface area contributed by atoms with Crippen LogP contribution in [-0.2, 0) is 0 Å². The molecule has 0 aromatic heterocycles. The molecule has 1 saturated heterocycles. The summed E-state index contributed by atoms with van der Waals surface area (Å²) in [5, 5.41) is 12.2. The molecule has 2 N–H and O–H groups in total. The Balaban J connectivity index is 1.67. The predicted molar refractivity (Wildman–Crippen MR) is 65.6 cm³/mol. The molecule has 0 aromatic rings. The molecule has 16 heavy (non-hydrogen) atoms. The average molecular weight is 227 g/mol. The van der Waals surface area contributed by atoms with E-state index in [0.29, 0.717) is 6.04 Å². The molecule has 2 aliphatic rings. The second-order valence-electron chi connectivity index (χ2n) is 5.07. The second-order valence-corrected chi connectivity index (χ2v) is 5.07. The highest BCUT2D eigenvalue weighted by Crippen LogP contribution is 2.27. The van der Waals surface area contributed by atoms with Gasteiger partial charge in [-0.05, 0) is 26.3 Å². The van der Waals surface area contributed by atoms with Crippen LogP contribution in [0.4, 0.5) is 0 Å². The van der Waals surface area contributed by atoms with Gasteiger partial charge >= 0.3 is 0 Å². The van der Waals surface area contributed by atoms with Gasteiger partial charge in [0.15, 0.2) is 0 Å². The van der Waals surface area contributed by atoms with Crippen LogP contribution in [0, 0.1) is 0 Å². The topological polar surface area (TPSA) is 38.7 Å². The van der Waals surface area contributed by atoms with E-state index in [1.165, 1.54) is 39.0 Å². The van der Waals surface area contributed by atoms with Gasteiger partial charge in [0.05, 0.1) is 0 Å². The zero-order chi connectivity index (χ0) is 11.4. The maximum atomic E-state index is 8.95. The normalized spacial score (nSPS) is 25.9. The molecular formula is C12H25N3O. The Morgan fingerprint density at radius 3 is 2.44 bits per heavy atom. The first-order valence-electron chi connectivity index (χ1n) is 6.58. The number of nitrogens with one attached hydrogen (secondary N) is 1. The van der Waals surface area contributed by atoms with Gasteiger partial charge in [0, 0.05) is 51.4 Å². The molecule has 1 aliphatic carbocycles. The lowest BCUT2D eigenvalue weighted by atomic mass is 10.2. The summed E-state index contributed by atoms with van der Waals surface area (Å²) in [7, 11) is 1.99. The largest absolute Gasteiger partial charge is 0.396 e. The Hall–Kier alpha value is -0.160. The van der Waals surface area contributed by atoms with Gasteiger partial charge in [-0.15, -0.1) is 0 Å². The van der Waals surface area contributed by atoms with Crippen LogP contribution >= 0.6 is 0 Å². The lowest BCUT2D eigenvalue weighted by molar-refractivity contribution is 0.114. The van der Waals surface area contributed by atoms with Gasteiger partial charge < -0.3 is 10.4 Å². The molecule has 94 valence electrons. The summed E-state index contributed by atoms with van der Waals surface area (Å²) in [5.41, 5.74) is 0. The molecular weight excluding hydrogens is 202 g/mol. The maximum absolute atomic E-state index is 8.95.